The van der Waals surface area contributed by atoms with Gasteiger partial charge >= 0.3 is 0 Å². The van der Waals surface area contributed by atoms with Gasteiger partial charge < -0.3 is 14.8 Å². The molecule has 2 saturated heterocycles. The Morgan fingerprint density at radius 3 is 2.94 bits per heavy atom. The third-order valence-corrected chi connectivity index (χ3v) is 4.86. The fourth-order valence-corrected chi connectivity index (χ4v) is 3.44. The number of hydrogen-bond donors (Lipinski definition) is 1. The summed E-state index contributed by atoms with van der Waals surface area (Å²) in [5.74, 6) is 1.95. The Labute approximate surface area is 103 Å². The fourth-order valence-electron chi connectivity index (χ4n) is 2.26. The molecule has 3 unspecified atom stereocenters. The van der Waals surface area contributed by atoms with Gasteiger partial charge in [-0.05, 0) is 25.7 Å². The van der Waals surface area contributed by atoms with Gasteiger partial charge in [0.2, 0.25) is 0 Å². The second-order valence-corrected chi connectivity index (χ2v) is 6.05. The second kappa shape index (κ2) is 6.84. The first-order valence-corrected chi connectivity index (χ1v) is 7.43. The molecule has 2 rings (SSSR count). The van der Waals surface area contributed by atoms with Crippen LogP contribution in [0.1, 0.15) is 19.8 Å². The van der Waals surface area contributed by atoms with Gasteiger partial charge in [0.1, 0.15) is 0 Å². The average molecular weight is 245 g/mol. The van der Waals surface area contributed by atoms with Gasteiger partial charge in [-0.2, -0.15) is 11.8 Å². The van der Waals surface area contributed by atoms with Gasteiger partial charge in [0.15, 0.2) is 0 Å². The van der Waals surface area contributed by atoms with Crippen LogP contribution in [0, 0.1) is 5.92 Å². The van der Waals surface area contributed by atoms with Crippen LogP contribution in [0.5, 0.6) is 0 Å². The molecular formula is C12H23NO2S. The van der Waals surface area contributed by atoms with Gasteiger partial charge in [0, 0.05) is 37.3 Å². The van der Waals surface area contributed by atoms with Crippen molar-refractivity contribution >= 4 is 11.8 Å². The lowest BCUT2D eigenvalue weighted by Crippen LogP contribution is -2.26. The van der Waals surface area contributed by atoms with E-state index in [9.17, 15) is 0 Å². The van der Waals surface area contributed by atoms with Crippen molar-refractivity contribution in [1.82, 2.24) is 5.32 Å². The van der Waals surface area contributed by atoms with Crippen LogP contribution in [-0.2, 0) is 9.47 Å². The van der Waals surface area contributed by atoms with Crippen LogP contribution in [0.25, 0.3) is 0 Å². The van der Waals surface area contributed by atoms with E-state index in [2.05, 4.69) is 24.0 Å². The maximum absolute atomic E-state index is 5.55. The summed E-state index contributed by atoms with van der Waals surface area (Å²) in [6, 6.07) is 0. The highest BCUT2D eigenvalue weighted by Crippen LogP contribution is 2.25. The van der Waals surface area contributed by atoms with Crippen LogP contribution in [0.15, 0.2) is 0 Å². The van der Waals surface area contributed by atoms with Gasteiger partial charge in [0.05, 0.1) is 12.7 Å². The smallest absolute Gasteiger partial charge is 0.0666 e. The zero-order valence-corrected chi connectivity index (χ0v) is 10.9. The zero-order valence-electron chi connectivity index (χ0n) is 10.1. The molecule has 3 atom stereocenters. The molecule has 0 aromatic carbocycles. The number of thioether (sulfide) groups is 1. The molecule has 2 aliphatic heterocycles. The van der Waals surface area contributed by atoms with Crippen LogP contribution >= 0.6 is 11.8 Å². The highest BCUT2D eigenvalue weighted by atomic mass is 32.2. The van der Waals surface area contributed by atoms with Crippen LogP contribution in [-0.4, -0.2) is 50.0 Å². The minimum absolute atomic E-state index is 0.452. The first kappa shape index (κ1) is 12.7. The topological polar surface area (TPSA) is 30.5 Å². The Balaban J connectivity index is 1.45. The molecule has 0 radical (unpaired) electrons. The zero-order chi connectivity index (χ0) is 11.2. The van der Waals surface area contributed by atoms with Crippen LogP contribution in [0.3, 0.4) is 0 Å². The molecule has 0 amide bonds. The molecule has 94 valence electrons. The molecule has 2 fully saturated rings. The Hall–Kier alpha value is 0.230. The lowest BCUT2D eigenvalue weighted by Gasteiger charge is -2.14. The summed E-state index contributed by atoms with van der Waals surface area (Å²) in [7, 11) is 0. The summed E-state index contributed by atoms with van der Waals surface area (Å²) in [6.45, 7) is 7.28. The van der Waals surface area contributed by atoms with Gasteiger partial charge in [-0.1, -0.05) is 0 Å². The van der Waals surface area contributed by atoms with Crippen LogP contribution in [0.2, 0.25) is 0 Å². The molecule has 0 aromatic rings. The third kappa shape index (κ3) is 3.91. The van der Waals surface area contributed by atoms with E-state index in [1.54, 1.807) is 0 Å². The molecule has 0 aliphatic carbocycles. The normalized spacial score (nSPS) is 34.7. The largest absolute Gasteiger partial charge is 0.381 e. The lowest BCUT2D eigenvalue weighted by molar-refractivity contribution is 0.127. The minimum Gasteiger partial charge on any atom is -0.381 e. The Bertz CT molecular complexity index is 197. The number of nitrogens with one attached hydrogen (secondary N) is 1. The summed E-state index contributed by atoms with van der Waals surface area (Å²) >= 11 is 2.06. The Morgan fingerprint density at radius 1 is 1.31 bits per heavy atom. The molecule has 0 aromatic heterocycles. The average Bonchev–Trinajstić information content (AvgIpc) is 2.90. The summed E-state index contributed by atoms with van der Waals surface area (Å²) < 4.78 is 10.9. The fraction of sp³-hybridized carbons (Fsp3) is 1.00. The lowest BCUT2D eigenvalue weighted by atomic mass is 10.1. The van der Waals surface area contributed by atoms with Crippen molar-refractivity contribution < 1.29 is 9.47 Å². The van der Waals surface area contributed by atoms with Crippen molar-refractivity contribution in [3.8, 4) is 0 Å². The van der Waals surface area contributed by atoms with Crippen molar-refractivity contribution in [3.63, 3.8) is 0 Å². The third-order valence-electron chi connectivity index (χ3n) is 3.37. The van der Waals surface area contributed by atoms with Crippen LogP contribution in [0.4, 0.5) is 0 Å². The van der Waals surface area contributed by atoms with E-state index in [0.717, 1.165) is 44.1 Å². The van der Waals surface area contributed by atoms with E-state index in [1.165, 1.54) is 18.6 Å². The van der Waals surface area contributed by atoms with E-state index in [1.807, 2.05) is 0 Å². The summed E-state index contributed by atoms with van der Waals surface area (Å²) in [5, 5.41) is 4.24. The van der Waals surface area contributed by atoms with Crippen molar-refractivity contribution in [2.24, 2.45) is 5.92 Å². The van der Waals surface area contributed by atoms with Gasteiger partial charge in [-0.25, -0.2) is 0 Å². The number of rotatable bonds is 6. The molecule has 0 bridgehead atoms. The number of ether oxygens (including phenoxy) is 2. The molecule has 0 spiro atoms. The molecule has 4 heteroatoms. The molecule has 0 saturated carbocycles. The standard InChI is InChI=1S/C12H23NO2S/c1-10-12(3-6-15-10)16-7-4-13-8-11-2-5-14-9-11/h10-13H,2-9H2,1H3. The molecule has 2 heterocycles. The minimum atomic E-state index is 0.452. The molecular weight excluding hydrogens is 222 g/mol. The highest BCUT2D eigenvalue weighted by Gasteiger charge is 2.24. The van der Waals surface area contributed by atoms with Crippen molar-refractivity contribution in [3.05, 3.63) is 0 Å². The second-order valence-electron chi connectivity index (χ2n) is 4.71. The Kier molecular flexibility index (Phi) is 5.42. The molecule has 3 nitrogen and oxygen atoms in total. The van der Waals surface area contributed by atoms with E-state index >= 15 is 0 Å². The first-order valence-electron chi connectivity index (χ1n) is 6.38. The van der Waals surface area contributed by atoms with E-state index in [4.69, 9.17) is 9.47 Å². The quantitative estimate of drug-likeness (QED) is 0.719. The predicted octanol–water partition coefficient (Wildman–Crippen LogP) is 1.52. The summed E-state index contributed by atoms with van der Waals surface area (Å²) in [6.07, 6.45) is 2.91. The van der Waals surface area contributed by atoms with E-state index in [0.29, 0.717) is 6.10 Å². The SMILES string of the molecule is CC1OCCC1SCCNCC1CCOC1. The molecule has 1 N–H and O–H groups in total. The first-order chi connectivity index (χ1) is 7.86. The van der Waals surface area contributed by atoms with Crippen molar-refractivity contribution in [2.45, 2.75) is 31.1 Å². The van der Waals surface area contributed by atoms with E-state index in [-0.39, 0.29) is 0 Å². The number of hydrogen-bond acceptors (Lipinski definition) is 4. The molecule has 16 heavy (non-hydrogen) atoms. The monoisotopic (exact) mass is 245 g/mol. The van der Waals surface area contributed by atoms with Crippen molar-refractivity contribution in [1.29, 1.82) is 0 Å². The maximum Gasteiger partial charge on any atom is 0.0666 e. The van der Waals surface area contributed by atoms with Crippen molar-refractivity contribution in [2.75, 3.05) is 38.7 Å². The summed E-state index contributed by atoms with van der Waals surface area (Å²) in [4.78, 5) is 0. The van der Waals surface area contributed by atoms with E-state index < -0.39 is 0 Å². The van der Waals surface area contributed by atoms with Gasteiger partial charge in [-0.15, -0.1) is 0 Å². The van der Waals surface area contributed by atoms with Crippen LogP contribution < -0.4 is 5.32 Å². The van der Waals surface area contributed by atoms with Gasteiger partial charge in [-0.3, -0.25) is 0 Å². The summed E-state index contributed by atoms with van der Waals surface area (Å²) in [5.41, 5.74) is 0. The Morgan fingerprint density at radius 2 is 2.25 bits per heavy atom. The predicted molar refractivity (Wildman–Crippen MR) is 68.1 cm³/mol. The maximum atomic E-state index is 5.55. The molecule has 2 aliphatic rings. The van der Waals surface area contributed by atoms with Gasteiger partial charge in [0.25, 0.3) is 0 Å². The highest BCUT2D eigenvalue weighted by molar-refractivity contribution is 8.00.